The number of fused-ring (bicyclic) bond motifs is 1. The number of rotatable bonds is 4. The first-order chi connectivity index (χ1) is 10.2. The molecule has 0 atom stereocenters. The Morgan fingerprint density at radius 1 is 1.05 bits per heavy atom. The first-order valence-electron chi connectivity index (χ1n) is 6.88. The molecule has 0 spiro atoms. The van der Waals surface area contributed by atoms with Gasteiger partial charge in [0.2, 0.25) is 0 Å². The van der Waals surface area contributed by atoms with E-state index in [4.69, 9.17) is 5.11 Å². The fourth-order valence-electron chi connectivity index (χ4n) is 2.48. The number of aromatic nitrogens is 1. The highest BCUT2D eigenvalue weighted by Gasteiger charge is 2.04. The number of hydrogen-bond acceptors (Lipinski definition) is 2. The lowest BCUT2D eigenvalue weighted by Crippen LogP contribution is -1.97. The molecule has 0 aliphatic rings. The maximum atomic E-state index is 10.6. The summed E-state index contributed by atoms with van der Waals surface area (Å²) in [5.74, 6) is -0.763. The van der Waals surface area contributed by atoms with E-state index in [1.54, 1.807) is 6.20 Å². The van der Waals surface area contributed by atoms with E-state index in [0.29, 0.717) is 6.42 Å². The summed E-state index contributed by atoms with van der Waals surface area (Å²) in [6.07, 6.45) is 4.39. The van der Waals surface area contributed by atoms with Crippen molar-refractivity contribution in [2.75, 3.05) is 0 Å². The summed E-state index contributed by atoms with van der Waals surface area (Å²) in [5.41, 5.74) is 3.34. The lowest BCUT2D eigenvalue weighted by atomic mass is 9.98. The molecule has 3 heteroatoms. The van der Waals surface area contributed by atoms with Crippen LogP contribution >= 0.6 is 0 Å². The minimum absolute atomic E-state index is 0.166. The Kier molecular flexibility index (Phi) is 3.65. The minimum atomic E-state index is -0.763. The molecular weight excluding hydrogens is 262 g/mol. The number of benzene rings is 2. The van der Waals surface area contributed by atoms with Crippen molar-refractivity contribution in [2.24, 2.45) is 0 Å². The first kappa shape index (κ1) is 13.3. The van der Waals surface area contributed by atoms with Gasteiger partial charge in [-0.3, -0.25) is 9.78 Å². The molecule has 0 aliphatic heterocycles. The van der Waals surface area contributed by atoms with Crippen molar-refractivity contribution >= 4 is 16.7 Å². The van der Waals surface area contributed by atoms with Gasteiger partial charge in [0.1, 0.15) is 0 Å². The highest BCUT2D eigenvalue weighted by atomic mass is 16.4. The van der Waals surface area contributed by atoms with Crippen LogP contribution in [0.15, 0.2) is 60.9 Å². The average Bonchev–Trinajstić information content (AvgIpc) is 2.53. The van der Waals surface area contributed by atoms with E-state index < -0.39 is 5.97 Å². The Labute approximate surface area is 122 Å². The Balaban J connectivity index is 1.94. The Hall–Kier alpha value is -2.68. The summed E-state index contributed by atoms with van der Waals surface area (Å²) in [6, 6.07) is 16.3. The van der Waals surface area contributed by atoms with Gasteiger partial charge in [0, 0.05) is 24.2 Å². The molecule has 0 bridgehead atoms. The lowest BCUT2D eigenvalue weighted by Gasteiger charge is -2.07. The zero-order valence-electron chi connectivity index (χ0n) is 11.5. The van der Waals surface area contributed by atoms with Crippen molar-refractivity contribution in [2.45, 2.75) is 12.8 Å². The van der Waals surface area contributed by atoms with Gasteiger partial charge in [0.15, 0.2) is 0 Å². The number of aryl methyl sites for hydroxylation is 1. The molecule has 0 radical (unpaired) electrons. The Morgan fingerprint density at radius 3 is 2.62 bits per heavy atom. The van der Waals surface area contributed by atoms with Gasteiger partial charge in [-0.1, -0.05) is 42.5 Å². The molecule has 0 aliphatic carbocycles. The number of hydrogen-bond donors (Lipinski definition) is 1. The smallest absolute Gasteiger partial charge is 0.303 e. The van der Waals surface area contributed by atoms with E-state index in [9.17, 15) is 4.79 Å². The summed E-state index contributed by atoms with van der Waals surface area (Å²) in [5, 5.41) is 11.0. The molecule has 3 nitrogen and oxygen atoms in total. The minimum Gasteiger partial charge on any atom is -0.481 e. The van der Waals surface area contributed by atoms with E-state index in [-0.39, 0.29) is 6.42 Å². The van der Waals surface area contributed by atoms with Gasteiger partial charge in [0.25, 0.3) is 0 Å². The normalized spacial score (nSPS) is 10.7. The SMILES string of the molecule is O=C(O)CCc1ccc(-c2cccc3cnccc23)cc1. The third-order valence-corrected chi connectivity index (χ3v) is 3.57. The highest BCUT2D eigenvalue weighted by molar-refractivity contribution is 5.96. The molecule has 1 heterocycles. The standard InChI is InChI=1S/C18H15NO2/c20-18(21)9-6-13-4-7-14(8-5-13)16-3-1-2-15-12-19-11-10-17(15)16/h1-5,7-8,10-12H,6,9H2,(H,20,21). The van der Waals surface area contributed by atoms with Gasteiger partial charge in [-0.2, -0.15) is 0 Å². The second kappa shape index (κ2) is 5.75. The van der Waals surface area contributed by atoms with Crippen LogP contribution in [-0.4, -0.2) is 16.1 Å². The van der Waals surface area contributed by atoms with Gasteiger partial charge < -0.3 is 5.11 Å². The number of carbonyl (C=O) groups is 1. The Bertz CT molecular complexity index is 773. The van der Waals surface area contributed by atoms with Crippen LogP contribution in [0.4, 0.5) is 0 Å². The fraction of sp³-hybridized carbons (Fsp3) is 0.111. The van der Waals surface area contributed by atoms with Crippen LogP contribution in [0, 0.1) is 0 Å². The van der Waals surface area contributed by atoms with Crippen LogP contribution in [0.3, 0.4) is 0 Å². The van der Waals surface area contributed by atoms with E-state index >= 15 is 0 Å². The topological polar surface area (TPSA) is 50.2 Å². The van der Waals surface area contributed by atoms with Gasteiger partial charge in [0.05, 0.1) is 0 Å². The quantitative estimate of drug-likeness (QED) is 0.786. The number of nitrogens with zero attached hydrogens (tertiary/aromatic N) is 1. The first-order valence-corrected chi connectivity index (χ1v) is 6.88. The number of carboxylic acid groups (broad SMARTS) is 1. The molecule has 0 saturated heterocycles. The van der Waals surface area contributed by atoms with Gasteiger partial charge in [-0.25, -0.2) is 0 Å². The van der Waals surface area contributed by atoms with Crippen LogP contribution in [-0.2, 0) is 11.2 Å². The fourth-order valence-corrected chi connectivity index (χ4v) is 2.48. The zero-order valence-corrected chi connectivity index (χ0v) is 11.5. The van der Waals surface area contributed by atoms with Crippen molar-refractivity contribution in [3.63, 3.8) is 0 Å². The van der Waals surface area contributed by atoms with E-state index in [2.05, 4.69) is 11.1 Å². The third-order valence-electron chi connectivity index (χ3n) is 3.57. The van der Waals surface area contributed by atoms with Crippen LogP contribution < -0.4 is 0 Å². The van der Waals surface area contributed by atoms with Crippen molar-refractivity contribution in [1.82, 2.24) is 4.98 Å². The predicted molar refractivity (Wildman–Crippen MR) is 83.1 cm³/mol. The van der Waals surface area contributed by atoms with Crippen LogP contribution in [0.5, 0.6) is 0 Å². The summed E-state index contributed by atoms with van der Waals surface area (Å²) in [6.45, 7) is 0. The average molecular weight is 277 g/mol. The van der Waals surface area contributed by atoms with E-state index in [1.165, 1.54) is 10.9 Å². The van der Waals surface area contributed by atoms with Crippen LogP contribution in [0.25, 0.3) is 21.9 Å². The van der Waals surface area contributed by atoms with Crippen LogP contribution in [0.2, 0.25) is 0 Å². The molecule has 0 saturated carbocycles. The Morgan fingerprint density at radius 2 is 1.86 bits per heavy atom. The predicted octanol–water partition coefficient (Wildman–Crippen LogP) is 3.92. The third kappa shape index (κ3) is 2.92. The van der Waals surface area contributed by atoms with Crippen molar-refractivity contribution in [1.29, 1.82) is 0 Å². The van der Waals surface area contributed by atoms with E-state index in [0.717, 1.165) is 16.5 Å². The van der Waals surface area contributed by atoms with Gasteiger partial charge in [-0.15, -0.1) is 0 Å². The van der Waals surface area contributed by atoms with Crippen LogP contribution in [0.1, 0.15) is 12.0 Å². The number of aliphatic carboxylic acids is 1. The zero-order chi connectivity index (χ0) is 14.7. The molecule has 0 unspecified atom stereocenters. The van der Waals surface area contributed by atoms with Crippen molar-refractivity contribution < 1.29 is 9.90 Å². The maximum absolute atomic E-state index is 10.6. The summed E-state index contributed by atoms with van der Waals surface area (Å²) >= 11 is 0. The lowest BCUT2D eigenvalue weighted by molar-refractivity contribution is -0.136. The molecule has 1 N–H and O–H groups in total. The number of pyridine rings is 1. The van der Waals surface area contributed by atoms with Gasteiger partial charge in [-0.05, 0) is 34.6 Å². The molecule has 2 aromatic carbocycles. The molecule has 21 heavy (non-hydrogen) atoms. The van der Waals surface area contributed by atoms with E-state index in [1.807, 2.05) is 48.7 Å². The number of carboxylic acids is 1. The molecular formula is C18H15NO2. The maximum Gasteiger partial charge on any atom is 0.303 e. The molecule has 3 rings (SSSR count). The summed E-state index contributed by atoms with van der Waals surface area (Å²) in [7, 11) is 0. The monoisotopic (exact) mass is 277 g/mol. The summed E-state index contributed by atoms with van der Waals surface area (Å²) in [4.78, 5) is 14.7. The molecule has 0 amide bonds. The second-order valence-electron chi connectivity index (χ2n) is 4.99. The molecule has 3 aromatic rings. The summed E-state index contributed by atoms with van der Waals surface area (Å²) < 4.78 is 0. The second-order valence-corrected chi connectivity index (χ2v) is 4.99. The van der Waals surface area contributed by atoms with Crippen molar-refractivity contribution in [3.05, 3.63) is 66.5 Å². The largest absolute Gasteiger partial charge is 0.481 e. The van der Waals surface area contributed by atoms with Gasteiger partial charge >= 0.3 is 5.97 Å². The van der Waals surface area contributed by atoms with Crippen molar-refractivity contribution in [3.8, 4) is 11.1 Å². The highest BCUT2D eigenvalue weighted by Crippen LogP contribution is 2.28. The molecule has 1 aromatic heterocycles. The molecule has 104 valence electrons. The molecule has 0 fully saturated rings.